The topological polar surface area (TPSA) is 105 Å². The summed E-state index contributed by atoms with van der Waals surface area (Å²) in [5.74, 6) is -0.536. The van der Waals surface area contributed by atoms with Gasteiger partial charge in [-0.1, -0.05) is 20.8 Å². The maximum atomic E-state index is 13.7. The second-order valence-electron chi connectivity index (χ2n) is 8.56. The van der Waals surface area contributed by atoms with Gasteiger partial charge in [-0.25, -0.2) is 13.9 Å². The van der Waals surface area contributed by atoms with E-state index >= 15 is 0 Å². The van der Waals surface area contributed by atoms with Crippen LogP contribution in [0.5, 0.6) is 0 Å². The quantitative estimate of drug-likeness (QED) is 0.625. The van der Waals surface area contributed by atoms with Crippen LogP contribution in [-0.2, 0) is 4.79 Å². The number of fused-ring (bicyclic) bond motifs is 1. The van der Waals surface area contributed by atoms with E-state index in [-0.39, 0.29) is 23.3 Å². The van der Waals surface area contributed by atoms with E-state index in [1.807, 2.05) is 6.07 Å². The molecule has 1 fully saturated rings. The molecule has 1 aliphatic rings. The number of pyridine rings is 1. The van der Waals surface area contributed by atoms with Crippen LogP contribution in [0.4, 0.5) is 10.2 Å². The van der Waals surface area contributed by atoms with Crippen molar-refractivity contribution in [3.63, 3.8) is 0 Å². The molecule has 3 aromatic heterocycles. The van der Waals surface area contributed by atoms with Gasteiger partial charge in [0.1, 0.15) is 17.2 Å². The number of halogens is 1. The lowest BCUT2D eigenvalue weighted by molar-refractivity contribution is -0.129. The Morgan fingerprint density at radius 1 is 1.19 bits per heavy atom. The summed E-state index contributed by atoms with van der Waals surface area (Å²) in [5.41, 5.74) is 5.59. The van der Waals surface area contributed by atoms with Gasteiger partial charge < -0.3 is 4.90 Å². The van der Waals surface area contributed by atoms with Crippen LogP contribution in [0, 0.1) is 11.2 Å². The van der Waals surface area contributed by atoms with Gasteiger partial charge in [0.25, 0.3) is 5.91 Å². The summed E-state index contributed by atoms with van der Waals surface area (Å²) in [7, 11) is 0. The van der Waals surface area contributed by atoms with E-state index in [0.717, 1.165) is 24.9 Å². The summed E-state index contributed by atoms with van der Waals surface area (Å²) in [5, 5.41) is 4.17. The average Bonchev–Trinajstić information content (AvgIpc) is 3.37. The number of carbonyl (C=O) groups excluding carboxylic acids is 2. The van der Waals surface area contributed by atoms with Crippen molar-refractivity contribution in [3.8, 4) is 0 Å². The van der Waals surface area contributed by atoms with Crippen LogP contribution in [0.1, 0.15) is 55.6 Å². The summed E-state index contributed by atoms with van der Waals surface area (Å²) >= 11 is 0. The van der Waals surface area contributed by atoms with E-state index in [9.17, 15) is 14.0 Å². The minimum absolute atomic E-state index is 0.0515. The Morgan fingerprint density at radius 3 is 2.74 bits per heavy atom. The molecule has 31 heavy (non-hydrogen) atoms. The standard InChI is InChI=1S/C21H24FN7O2/c1-21(2,3)20(31)27-26-19(30)15-12-24-29-8-6-17(25-18(15)29)28-7-4-5-16(28)13-9-14(22)11-23-10-13/h6,8-12,16H,4-5,7H2,1-3H3,(H,26,30)(H,27,31). The first-order chi connectivity index (χ1) is 14.7. The van der Waals surface area contributed by atoms with Gasteiger partial charge in [0.2, 0.25) is 5.91 Å². The van der Waals surface area contributed by atoms with E-state index in [4.69, 9.17) is 0 Å². The molecule has 0 spiro atoms. The third-order valence-corrected chi connectivity index (χ3v) is 5.23. The Bertz CT molecular complexity index is 1140. The van der Waals surface area contributed by atoms with Gasteiger partial charge in [-0.05, 0) is 30.5 Å². The molecule has 0 aliphatic carbocycles. The number of nitrogens with zero attached hydrogens (tertiary/aromatic N) is 5. The molecule has 162 valence electrons. The van der Waals surface area contributed by atoms with Crippen molar-refractivity contribution in [2.24, 2.45) is 5.41 Å². The number of anilines is 1. The number of carbonyl (C=O) groups is 2. The fraction of sp³-hybridized carbons (Fsp3) is 0.381. The number of hydrazine groups is 1. The van der Waals surface area contributed by atoms with Gasteiger partial charge >= 0.3 is 0 Å². The molecule has 0 saturated carbocycles. The fourth-order valence-corrected chi connectivity index (χ4v) is 3.55. The van der Waals surface area contributed by atoms with Crippen molar-refractivity contribution in [3.05, 3.63) is 53.9 Å². The molecule has 4 heterocycles. The van der Waals surface area contributed by atoms with E-state index in [0.29, 0.717) is 11.5 Å². The molecule has 2 N–H and O–H groups in total. The van der Waals surface area contributed by atoms with Crippen LogP contribution in [0.15, 0.2) is 36.9 Å². The van der Waals surface area contributed by atoms with Gasteiger partial charge in [0.15, 0.2) is 5.65 Å². The second kappa shape index (κ2) is 7.93. The molecule has 1 atom stereocenters. The minimum Gasteiger partial charge on any atom is -0.349 e. The van der Waals surface area contributed by atoms with Crippen molar-refractivity contribution in [2.45, 2.75) is 39.7 Å². The van der Waals surface area contributed by atoms with Gasteiger partial charge in [0, 0.05) is 24.4 Å². The zero-order valence-electron chi connectivity index (χ0n) is 17.6. The van der Waals surface area contributed by atoms with Crippen molar-refractivity contribution >= 4 is 23.3 Å². The molecule has 1 aliphatic heterocycles. The number of amides is 2. The lowest BCUT2D eigenvalue weighted by Gasteiger charge is -2.26. The third-order valence-electron chi connectivity index (χ3n) is 5.23. The summed E-state index contributed by atoms with van der Waals surface area (Å²) in [6.07, 6.45) is 7.76. The van der Waals surface area contributed by atoms with Crippen molar-refractivity contribution < 1.29 is 14.0 Å². The summed E-state index contributed by atoms with van der Waals surface area (Å²) < 4.78 is 15.2. The van der Waals surface area contributed by atoms with Crippen molar-refractivity contribution in [1.29, 1.82) is 0 Å². The fourth-order valence-electron chi connectivity index (χ4n) is 3.55. The maximum absolute atomic E-state index is 13.7. The Morgan fingerprint density at radius 2 is 2.00 bits per heavy atom. The summed E-state index contributed by atoms with van der Waals surface area (Å²) in [6, 6.07) is 3.25. The first-order valence-electron chi connectivity index (χ1n) is 10.1. The van der Waals surface area contributed by atoms with Gasteiger partial charge in [0.05, 0.1) is 18.4 Å². The molecule has 3 aromatic rings. The van der Waals surface area contributed by atoms with Crippen LogP contribution in [0.2, 0.25) is 0 Å². The molecule has 1 saturated heterocycles. The van der Waals surface area contributed by atoms with Gasteiger partial charge in [-0.15, -0.1) is 0 Å². The molecule has 2 amide bonds. The van der Waals surface area contributed by atoms with E-state index < -0.39 is 11.3 Å². The normalized spacial score (nSPS) is 16.5. The average molecular weight is 425 g/mol. The lowest BCUT2D eigenvalue weighted by Crippen LogP contribution is -2.46. The predicted octanol–water partition coefficient (Wildman–Crippen LogP) is 2.41. The highest BCUT2D eigenvalue weighted by Gasteiger charge is 2.29. The number of aromatic nitrogens is 4. The number of hydrogen-bond acceptors (Lipinski definition) is 6. The van der Waals surface area contributed by atoms with E-state index in [2.05, 4.69) is 30.8 Å². The van der Waals surface area contributed by atoms with Crippen molar-refractivity contribution in [2.75, 3.05) is 11.4 Å². The van der Waals surface area contributed by atoms with E-state index in [1.54, 1.807) is 33.2 Å². The second-order valence-corrected chi connectivity index (χ2v) is 8.56. The Labute approximate surface area is 178 Å². The molecule has 10 heteroatoms. The van der Waals surface area contributed by atoms with Crippen LogP contribution < -0.4 is 15.8 Å². The van der Waals surface area contributed by atoms with Gasteiger partial charge in [-0.2, -0.15) is 5.10 Å². The zero-order chi connectivity index (χ0) is 22.2. The summed E-state index contributed by atoms with van der Waals surface area (Å²) in [6.45, 7) is 6.00. The van der Waals surface area contributed by atoms with Crippen LogP contribution in [0.3, 0.4) is 0 Å². The molecular formula is C21H24FN7O2. The molecular weight excluding hydrogens is 401 g/mol. The van der Waals surface area contributed by atoms with Crippen LogP contribution >= 0.6 is 0 Å². The SMILES string of the molecule is CC(C)(C)C(=O)NNC(=O)c1cnn2ccc(N3CCCC3c3cncc(F)c3)nc12. The zero-order valence-corrected chi connectivity index (χ0v) is 17.6. The minimum atomic E-state index is -0.643. The highest BCUT2D eigenvalue weighted by molar-refractivity contribution is 6.00. The van der Waals surface area contributed by atoms with Crippen molar-refractivity contribution in [1.82, 2.24) is 30.4 Å². The number of nitrogens with one attached hydrogen (secondary N) is 2. The van der Waals surface area contributed by atoms with Crippen LogP contribution in [-0.4, -0.2) is 37.9 Å². The lowest BCUT2D eigenvalue weighted by atomic mass is 9.96. The van der Waals surface area contributed by atoms with Gasteiger partial charge in [-0.3, -0.25) is 25.4 Å². The maximum Gasteiger partial charge on any atom is 0.275 e. The third kappa shape index (κ3) is 4.18. The monoisotopic (exact) mass is 425 g/mol. The predicted molar refractivity (Wildman–Crippen MR) is 112 cm³/mol. The smallest absolute Gasteiger partial charge is 0.275 e. The Hall–Kier alpha value is -3.56. The first-order valence-corrected chi connectivity index (χ1v) is 10.1. The Balaban J connectivity index is 1.59. The number of hydrogen-bond donors (Lipinski definition) is 2. The molecule has 9 nitrogen and oxygen atoms in total. The first kappa shape index (κ1) is 20.7. The number of rotatable bonds is 3. The van der Waals surface area contributed by atoms with Crippen LogP contribution in [0.25, 0.3) is 5.65 Å². The molecule has 0 aromatic carbocycles. The van der Waals surface area contributed by atoms with E-state index in [1.165, 1.54) is 23.0 Å². The largest absolute Gasteiger partial charge is 0.349 e. The summed E-state index contributed by atoms with van der Waals surface area (Å²) in [4.78, 5) is 35.3. The highest BCUT2D eigenvalue weighted by atomic mass is 19.1. The molecule has 4 rings (SSSR count). The Kier molecular flexibility index (Phi) is 5.30. The highest BCUT2D eigenvalue weighted by Crippen LogP contribution is 2.35. The molecule has 0 bridgehead atoms. The molecule has 0 radical (unpaired) electrons. The molecule has 1 unspecified atom stereocenters.